The van der Waals surface area contributed by atoms with E-state index in [1.807, 2.05) is 13.8 Å². The van der Waals surface area contributed by atoms with Crippen molar-refractivity contribution >= 4 is 61.6 Å². The SMILES string of the molecule is CC[C@H](C)C(=O)N=C1S[C@@H]2CS(=O)(=O)C[C@@H]2N1c1cccc(Cl)c1Cl. The highest BCUT2D eigenvalue weighted by atomic mass is 35.5. The van der Waals surface area contributed by atoms with Gasteiger partial charge in [0.2, 0.25) is 0 Å². The van der Waals surface area contributed by atoms with Crippen molar-refractivity contribution in [2.75, 3.05) is 16.4 Å². The van der Waals surface area contributed by atoms with Crippen LogP contribution in [-0.2, 0) is 14.6 Å². The Hall–Kier alpha value is -0.760. The van der Waals surface area contributed by atoms with Gasteiger partial charge in [-0.3, -0.25) is 4.79 Å². The lowest BCUT2D eigenvalue weighted by Crippen LogP contribution is -2.38. The van der Waals surface area contributed by atoms with E-state index in [0.29, 0.717) is 27.3 Å². The maximum atomic E-state index is 12.3. The van der Waals surface area contributed by atoms with Gasteiger partial charge < -0.3 is 4.90 Å². The van der Waals surface area contributed by atoms with Gasteiger partial charge in [0.25, 0.3) is 5.91 Å². The number of hydrogen-bond acceptors (Lipinski definition) is 4. The Kier molecular flexibility index (Phi) is 5.40. The standard InChI is InChI=1S/C16H18Cl2N2O3S2/c1-3-9(2)15(21)19-16-20(11-6-4-5-10(17)14(11)18)12-7-25(22,23)8-13(12)24-16/h4-6,9,12-13H,3,7-8H2,1-2H3/t9-,12-,13+/m0/s1. The molecule has 3 atom stereocenters. The van der Waals surface area contributed by atoms with E-state index >= 15 is 0 Å². The molecule has 5 nitrogen and oxygen atoms in total. The first-order valence-corrected chi connectivity index (χ1v) is 11.4. The molecule has 2 aliphatic rings. The van der Waals surface area contributed by atoms with Crippen LogP contribution in [0.15, 0.2) is 23.2 Å². The fraction of sp³-hybridized carbons (Fsp3) is 0.500. The van der Waals surface area contributed by atoms with Gasteiger partial charge >= 0.3 is 0 Å². The lowest BCUT2D eigenvalue weighted by Gasteiger charge is -2.26. The van der Waals surface area contributed by atoms with Gasteiger partial charge in [-0.2, -0.15) is 4.99 Å². The number of halogens is 2. The lowest BCUT2D eigenvalue weighted by atomic mass is 10.1. The minimum Gasteiger partial charge on any atom is -0.314 e. The number of carbonyl (C=O) groups excluding carboxylic acids is 1. The largest absolute Gasteiger partial charge is 0.314 e. The zero-order valence-electron chi connectivity index (χ0n) is 13.8. The van der Waals surface area contributed by atoms with Gasteiger partial charge in [-0.1, -0.05) is 54.9 Å². The summed E-state index contributed by atoms with van der Waals surface area (Å²) in [7, 11) is -3.12. The summed E-state index contributed by atoms with van der Waals surface area (Å²) in [6.07, 6.45) is 0.694. The van der Waals surface area contributed by atoms with E-state index < -0.39 is 9.84 Å². The zero-order valence-corrected chi connectivity index (χ0v) is 16.9. The fourth-order valence-electron chi connectivity index (χ4n) is 2.90. The van der Waals surface area contributed by atoms with Gasteiger partial charge in [0, 0.05) is 11.2 Å². The number of benzene rings is 1. The molecule has 25 heavy (non-hydrogen) atoms. The van der Waals surface area contributed by atoms with Crippen molar-refractivity contribution in [3.63, 3.8) is 0 Å². The molecule has 0 spiro atoms. The van der Waals surface area contributed by atoms with E-state index in [1.54, 1.807) is 23.1 Å². The van der Waals surface area contributed by atoms with Crippen LogP contribution < -0.4 is 4.90 Å². The van der Waals surface area contributed by atoms with Crippen LogP contribution in [-0.4, -0.2) is 42.3 Å². The Bertz CT molecular complexity index is 842. The first-order valence-electron chi connectivity index (χ1n) is 7.96. The summed E-state index contributed by atoms with van der Waals surface area (Å²) in [6, 6.07) is 4.89. The molecule has 0 bridgehead atoms. The molecule has 0 radical (unpaired) electrons. The first kappa shape index (κ1) is 19.0. The minimum atomic E-state index is -3.12. The van der Waals surface area contributed by atoms with Crippen molar-refractivity contribution in [2.45, 2.75) is 31.6 Å². The summed E-state index contributed by atoms with van der Waals surface area (Å²) in [5.74, 6) is -0.303. The zero-order chi connectivity index (χ0) is 18.4. The number of rotatable bonds is 3. The van der Waals surface area contributed by atoms with Gasteiger partial charge in [0.05, 0.1) is 33.3 Å². The molecule has 0 aliphatic carbocycles. The summed E-state index contributed by atoms with van der Waals surface area (Å²) >= 11 is 13.8. The third-order valence-electron chi connectivity index (χ3n) is 4.50. The van der Waals surface area contributed by atoms with Crippen LogP contribution in [0.3, 0.4) is 0 Å². The summed E-state index contributed by atoms with van der Waals surface area (Å²) in [5.41, 5.74) is 0.585. The van der Waals surface area contributed by atoms with Crippen LogP contribution in [0.1, 0.15) is 20.3 Å². The normalized spacial score (nSPS) is 27.5. The van der Waals surface area contributed by atoms with Gasteiger partial charge in [0.1, 0.15) is 0 Å². The quantitative estimate of drug-likeness (QED) is 0.746. The van der Waals surface area contributed by atoms with Crippen LogP contribution in [0.5, 0.6) is 0 Å². The number of amidine groups is 1. The van der Waals surface area contributed by atoms with Crippen molar-refractivity contribution in [1.29, 1.82) is 0 Å². The average molecular weight is 421 g/mol. The molecule has 0 unspecified atom stereocenters. The van der Waals surface area contributed by atoms with E-state index in [2.05, 4.69) is 4.99 Å². The van der Waals surface area contributed by atoms with Crippen LogP contribution in [0.2, 0.25) is 10.0 Å². The number of fused-ring (bicyclic) bond motifs is 1. The number of nitrogens with zero attached hydrogens (tertiary/aromatic N) is 2. The highest BCUT2D eigenvalue weighted by molar-refractivity contribution is 8.16. The molecule has 0 N–H and O–H groups in total. The van der Waals surface area contributed by atoms with Crippen LogP contribution in [0.4, 0.5) is 5.69 Å². The van der Waals surface area contributed by atoms with Crippen LogP contribution in [0, 0.1) is 5.92 Å². The van der Waals surface area contributed by atoms with Crippen LogP contribution >= 0.6 is 35.0 Å². The number of amides is 1. The maximum absolute atomic E-state index is 12.3. The van der Waals surface area contributed by atoms with Crippen LogP contribution in [0.25, 0.3) is 0 Å². The molecule has 1 amide bonds. The Labute approximate surface area is 161 Å². The van der Waals surface area contributed by atoms with Gasteiger partial charge in [-0.15, -0.1) is 0 Å². The van der Waals surface area contributed by atoms with E-state index in [4.69, 9.17) is 23.2 Å². The van der Waals surface area contributed by atoms with Crippen molar-refractivity contribution in [3.05, 3.63) is 28.2 Å². The molecule has 2 saturated heterocycles. The van der Waals surface area contributed by atoms with E-state index in [9.17, 15) is 13.2 Å². The summed E-state index contributed by atoms with van der Waals surface area (Å²) in [6.45, 7) is 3.76. The van der Waals surface area contributed by atoms with Gasteiger partial charge in [-0.05, 0) is 18.6 Å². The molecular formula is C16H18Cl2N2O3S2. The highest BCUT2D eigenvalue weighted by Gasteiger charge is 2.50. The molecular weight excluding hydrogens is 403 g/mol. The lowest BCUT2D eigenvalue weighted by molar-refractivity contribution is -0.121. The number of thioether (sulfide) groups is 1. The number of anilines is 1. The summed E-state index contributed by atoms with van der Waals surface area (Å²) in [5, 5.41) is 1.04. The minimum absolute atomic E-state index is 0.0179. The summed E-state index contributed by atoms with van der Waals surface area (Å²) in [4.78, 5) is 18.3. The molecule has 0 aromatic heterocycles. The van der Waals surface area contributed by atoms with Crippen molar-refractivity contribution < 1.29 is 13.2 Å². The molecule has 3 rings (SSSR count). The van der Waals surface area contributed by atoms with Crippen molar-refractivity contribution in [2.24, 2.45) is 10.9 Å². The molecule has 2 heterocycles. The van der Waals surface area contributed by atoms with Gasteiger partial charge in [-0.25, -0.2) is 8.42 Å². The summed E-state index contributed by atoms with van der Waals surface area (Å²) < 4.78 is 24.1. The Morgan fingerprint density at radius 1 is 1.40 bits per heavy atom. The molecule has 2 aliphatic heterocycles. The smallest absolute Gasteiger partial charge is 0.250 e. The second kappa shape index (κ2) is 7.10. The predicted molar refractivity (Wildman–Crippen MR) is 105 cm³/mol. The third-order valence-corrected chi connectivity index (χ3v) is 8.52. The molecule has 9 heteroatoms. The Morgan fingerprint density at radius 2 is 2.12 bits per heavy atom. The monoisotopic (exact) mass is 420 g/mol. The molecule has 2 fully saturated rings. The van der Waals surface area contributed by atoms with E-state index in [-0.39, 0.29) is 34.6 Å². The number of aliphatic imine (C=N–C) groups is 1. The molecule has 136 valence electrons. The first-order chi connectivity index (χ1) is 11.7. The maximum Gasteiger partial charge on any atom is 0.250 e. The predicted octanol–water partition coefficient (Wildman–Crippen LogP) is 3.64. The second-order valence-corrected chi connectivity index (χ2v) is 10.4. The number of sulfone groups is 1. The fourth-order valence-corrected chi connectivity index (χ4v) is 7.20. The van der Waals surface area contributed by atoms with E-state index in [1.165, 1.54) is 11.8 Å². The Morgan fingerprint density at radius 3 is 2.80 bits per heavy atom. The van der Waals surface area contributed by atoms with E-state index in [0.717, 1.165) is 0 Å². The van der Waals surface area contributed by atoms with Gasteiger partial charge in [0.15, 0.2) is 15.0 Å². The molecule has 1 aromatic carbocycles. The average Bonchev–Trinajstić information content (AvgIpc) is 3.00. The second-order valence-electron chi connectivity index (χ2n) is 6.29. The van der Waals surface area contributed by atoms with Crippen molar-refractivity contribution in [1.82, 2.24) is 0 Å². The number of hydrogen-bond donors (Lipinski definition) is 0. The topological polar surface area (TPSA) is 66.8 Å². The number of carbonyl (C=O) groups is 1. The third kappa shape index (κ3) is 3.70. The molecule has 0 saturated carbocycles. The highest BCUT2D eigenvalue weighted by Crippen LogP contribution is 2.44. The van der Waals surface area contributed by atoms with Crippen molar-refractivity contribution in [3.8, 4) is 0 Å². The molecule has 1 aromatic rings. The Balaban J connectivity index is 2.06.